The molecule has 39 heavy (non-hydrogen) atoms. The summed E-state index contributed by atoms with van der Waals surface area (Å²) in [5, 5.41) is 24.0. The molecule has 0 aromatic carbocycles. The van der Waals surface area contributed by atoms with E-state index in [2.05, 4.69) is 125 Å². The highest BCUT2D eigenvalue weighted by molar-refractivity contribution is 7.88. The maximum atomic E-state index is 5.82. The molecule has 1 heterocycles. The lowest BCUT2D eigenvalue weighted by Gasteiger charge is -2.46. The zero-order chi connectivity index (χ0) is 29.9. The van der Waals surface area contributed by atoms with Gasteiger partial charge in [-0.2, -0.15) is 4.52 Å². The summed E-state index contributed by atoms with van der Waals surface area (Å²) in [6.45, 7) is 37.3. The van der Waals surface area contributed by atoms with E-state index in [1.165, 1.54) is 0 Å². The minimum atomic E-state index is -2.52. The summed E-state index contributed by atoms with van der Waals surface area (Å²) in [6, 6.07) is 0. The van der Waals surface area contributed by atoms with Crippen LogP contribution in [-0.4, -0.2) is 50.3 Å². The van der Waals surface area contributed by atoms with E-state index >= 15 is 0 Å². The summed E-state index contributed by atoms with van der Waals surface area (Å²) < 4.78 is 14.2. The van der Waals surface area contributed by atoms with Gasteiger partial charge in [0.2, 0.25) is 7.51 Å². The molecule has 0 saturated heterocycles. The topological polar surface area (TPSA) is 100 Å². The molecule has 0 bridgehead atoms. The third kappa shape index (κ3) is 12.6. The SMILES string of the molecule is C=CCN1P(NCC(C)C)(NCC(C)C)=NP(NCC(C)C)(NCC(C)C)=N[P+]1(NCC(C)C)NCC(C)C. The van der Waals surface area contributed by atoms with Crippen LogP contribution in [0.15, 0.2) is 21.7 Å². The van der Waals surface area contributed by atoms with Gasteiger partial charge < -0.3 is 0 Å². The van der Waals surface area contributed by atoms with Crippen molar-refractivity contribution in [2.45, 2.75) is 83.1 Å². The lowest BCUT2D eigenvalue weighted by Crippen LogP contribution is -2.48. The summed E-state index contributed by atoms with van der Waals surface area (Å²) >= 11 is 0. The average molecular weight is 609 g/mol. The molecule has 1 rings (SSSR count). The van der Waals surface area contributed by atoms with Crippen LogP contribution in [-0.2, 0) is 0 Å². The Hall–Kier alpha value is 0.350. The first-order valence-corrected chi connectivity index (χ1v) is 20.3. The number of nitrogens with one attached hydrogen (secondary N) is 6. The Bertz CT molecular complexity index is 781. The van der Waals surface area contributed by atoms with Crippen LogP contribution >= 0.6 is 22.9 Å². The van der Waals surface area contributed by atoms with E-state index in [1.807, 2.05) is 6.08 Å². The molecule has 232 valence electrons. The van der Waals surface area contributed by atoms with Crippen molar-refractivity contribution in [3.05, 3.63) is 12.7 Å². The average Bonchev–Trinajstić information content (AvgIpc) is 2.83. The quantitative estimate of drug-likeness (QED) is 0.0628. The predicted octanol–water partition coefficient (Wildman–Crippen LogP) is 7.53. The van der Waals surface area contributed by atoms with E-state index in [0.717, 1.165) is 39.3 Å². The van der Waals surface area contributed by atoms with E-state index in [0.29, 0.717) is 42.1 Å². The van der Waals surface area contributed by atoms with Gasteiger partial charge in [-0.3, -0.25) is 20.3 Å². The maximum Gasteiger partial charge on any atom is 0.360 e. The van der Waals surface area contributed by atoms with Gasteiger partial charge in [0.15, 0.2) is 0 Å². The number of rotatable bonds is 20. The number of hydrogen-bond acceptors (Lipinski definition) is 9. The fraction of sp³-hybridized carbons (Fsp3) is 0.926. The van der Waals surface area contributed by atoms with Crippen molar-refractivity contribution in [1.29, 1.82) is 0 Å². The molecule has 1 aliphatic heterocycles. The van der Waals surface area contributed by atoms with Gasteiger partial charge in [-0.1, -0.05) is 93.6 Å². The molecule has 0 radical (unpaired) electrons. The Balaban J connectivity index is 4.12. The van der Waals surface area contributed by atoms with Gasteiger partial charge in [0.1, 0.15) is 0 Å². The molecule has 0 saturated carbocycles. The molecule has 12 heteroatoms. The van der Waals surface area contributed by atoms with Gasteiger partial charge in [0, 0.05) is 39.3 Å². The molecule has 1 aliphatic rings. The number of nitrogens with zero attached hydrogens (tertiary/aromatic N) is 3. The molecule has 0 amide bonds. The summed E-state index contributed by atoms with van der Waals surface area (Å²) in [4.78, 5) is 0. The van der Waals surface area contributed by atoms with E-state index in [4.69, 9.17) is 9.03 Å². The lowest BCUT2D eigenvalue weighted by molar-refractivity contribution is 0.557. The lowest BCUT2D eigenvalue weighted by atomic mass is 10.2. The molecule has 0 aliphatic carbocycles. The van der Waals surface area contributed by atoms with Gasteiger partial charge in [0.25, 0.3) is 7.51 Å². The Labute approximate surface area is 243 Å². The van der Waals surface area contributed by atoms with E-state index in [9.17, 15) is 0 Å². The number of hydrogen-bond donors (Lipinski definition) is 6. The Morgan fingerprint density at radius 2 is 0.974 bits per heavy atom. The van der Waals surface area contributed by atoms with Crippen LogP contribution in [0.4, 0.5) is 0 Å². The zero-order valence-electron chi connectivity index (χ0n) is 27.4. The minimum absolute atomic E-state index is 0.485. The fourth-order valence-corrected chi connectivity index (χ4v) is 18.2. The third-order valence-electron chi connectivity index (χ3n) is 5.80. The molecule has 0 fully saturated rings. The molecule has 0 spiro atoms. The van der Waals surface area contributed by atoms with E-state index < -0.39 is 22.9 Å². The van der Waals surface area contributed by atoms with Crippen molar-refractivity contribution in [2.24, 2.45) is 44.5 Å². The second kappa shape index (κ2) is 17.5. The Morgan fingerprint density at radius 1 is 0.615 bits per heavy atom. The van der Waals surface area contributed by atoms with Crippen LogP contribution in [0, 0.1) is 35.5 Å². The van der Waals surface area contributed by atoms with Crippen LogP contribution < -0.4 is 30.5 Å². The van der Waals surface area contributed by atoms with Gasteiger partial charge in [-0.25, -0.2) is 0 Å². The van der Waals surface area contributed by atoms with Gasteiger partial charge in [-0.15, -0.1) is 16.8 Å². The second-order valence-electron chi connectivity index (χ2n) is 13.4. The van der Waals surface area contributed by atoms with Crippen molar-refractivity contribution >= 4 is 22.9 Å². The first-order valence-electron chi connectivity index (χ1n) is 15.2. The summed E-state index contributed by atoms with van der Waals surface area (Å²) in [5.41, 5.74) is 0. The molecule has 0 aromatic heterocycles. The largest absolute Gasteiger partial charge is 0.360 e. The molecule has 0 atom stereocenters. The van der Waals surface area contributed by atoms with Gasteiger partial charge >= 0.3 is 7.87 Å². The molecular weight excluding hydrogens is 543 g/mol. The van der Waals surface area contributed by atoms with Crippen LogP contribution in [0.3, 0.4) is 0 Å². The molecular formula is C27H65N9P3+. The minimum Gasteiger partial charge on any atom is -0.257 e. The summed E-state index contributed by atoms with van der Waals surface area (Å²) in [5.74, 6) is 2.92. The van der Waals surface area contributed by atoms with Crippen LogP contribution in [0.5, 0.6) is 0 Å². The maximum absolute atomic E-state index is 5.82. The van der Waals surface area contributed by atoms with Crippen molar-refractivity contribution in [3.8, 4) is 0 Å². The smallest absolute Gasteiger partial charge is 0.257 e. The monoisotopic (exact) mass is 608 g/mol. The van der Waals surface area contributed by atoms with Crippen molar-refractivity contribution in [2.75, 3.05) is 45.8 Å². The first-order chi connectivity index (χ1) is 18.1. The second-order valence-corrected chi connectivity index (χ2v) is 21.6. The van der Waals surface area contributed by atoms with Gasteiger partial charge in [0.05, 0.1) is 6.54 Å². The van der Waals surface area contributed by atoms with E-state index in [1.54, 1.807) is 0 Å². The van der Waals surface area contributed by atoms with Crippen LogP contribution in [0.25, 0.3) is 0 Å². The third-order valence-corrected chi connectivity index (χ3v) is 16.9. The van der Waals surface area contributed by atoms with Crippen molar-refractivity contribution < 1.29 is 0 Å². The van der Waals surface area contributed by atoms with Crippen molar-refractivity contribution in [3.63, 3.8) is 0 Å². The summed E-state index contributed by atoms with van der Waals surface area (Å²) in [6.07, 6.45) is 2.02. The first kappa shape index (κ1) is 37.4. The van der Waals surface area contributed by atoms with Crippen LogP contribution in [0.2, 0.25) is 0 Å². The fourth-order valence-electron chi connectivity index (χ4n) is 3.63. The van der Waals surface area contributed by atoms with Crippen molar-refractivity contribution in [1.82, 2.24) is 35.0 Å². The Kier molecular flexibility index (Phi) is 16.7. The molecule has 0 aromatic rings. The molecule has 9 nitrogen and oxygen atoms in total. The zero-order valence-corrected chi connectivity index (χ0v) is 30.1. The highest BCUT2D eigenvalue weighted by atomic mass is 31.3. The molecule has 0 unspecified atom stereocenters. The highest BCUT2D eigenvalue weighted by Crippen LogP contribution is 2.78. The van der Waals surface area contributed by atoms with E-state index in [-0.39, 0.29) is 0 Å². The van der Waals surface area contributed by atoms with Crippen LogP contribution in [0.1, 0.15) is 83.1 Å². The summed E-state index contributed by atoms with van der Waals surface area (Å²) in [7, 11) is -7.45. The Morgan fingerprint density at radius 3 is 1.31 bits per heavy atom. The highest BCUT2D eigenvalue weighted by Gasteiger charge is 2.58. The normalized spacial score (nSPS) is 18.9. The van der Waals surface area contributed by atoms with Gasteiger partial charge in [-0.05, 0) is 40.0 Å². The molecule has 6 N–H and O–H groups in total. The predicted molar refractivity (Wildman–Crippen MR) is 180 cm³/mol. The standard InChI is InChI=1S/C27H65N9P3/c1-14-15-36-38(30-18-24(6)7,31-19-25(8)9)34-37(28-16-22(2)3,29-17-23(4)5)35-39(36,32-20-26(10)11)33-21-27(12)13/h14,22-33H,1,15-21H2,2-13H3/q+1.